The maximum absolute atomic E-state index is 13.7. The van der Waals surface area contributed by atoms with E-state index in [1.807, 2.05) is 13.8 Å². The number of fused-ring (bicyclic) bond motifs is 1. The average molecular weight is 225 g/mol. The lowest BCUT2D eigenvalue weighted by Crippen LogP contribution is -2.34. The van der Waals surface area contributed by atoms with E-state index in [9.17, 15) is 4.39 Å². The Bertz CT molecular complexity index is 399. The zero-order valence-electron chi connectivity index (χ0n) is 9.55. The van der Waals surface area contributed by atoms with E-state index in [1.165, 1.54) is 6.07 Å². The van der Waals surface area contributed by atoms with Gasteiger partial charge in [0.1, 0.15) is 19.0 Å². The molecule has 0 amide bonds. The van der Waals surface area contributed by atoms with Gasteiger partial charge < -0.3 is 15.2 Å². The maximum atomic E-state index is 13.7. The Morgan fingerprint density at radius 2 is 1.81 bits per heavy atom. The minimum atomic E-state index is -0.440. The fourth-order valence-corrected chi connectivity index (χ4v) is 1.73. The quantitative estimate of drug-likeness (QED) is 0.835. The number of ether oxygens (including phenoxy) is 2. The Balaban J connectivity index is 2.32. The van der Waals surface area contributed by atoms with Gasteiger partial charge in [-0.05, 0) is 31.9 Å². The zero-order chi connectivity index (χ0) is 11.8. The van der Waals surface area contributed by atoms with Crippen LogP contribution >= 0.6 is 0 Å². The van der Waals surface area contributed by atoms with E-state index in [-0.39, 0.29) is 5.82 Å². The molecule has 0 fully saturated rings. The summed E-state index contributed by atoms with van der Waals surface area (Å²) in [6, 6.07) is 3.05. The molecule has 0 saturated heterocycles. The van der Waals surface area contributed by atoms with Gasteiger partial charge in [0.2, 0.25) is 0 Å². The Morgan fingerprint density at radius 3 is 2.38 bits per heavy atom. The molecule has 3 nitrogen and oxygen atoms in total. The fraction of sp³-hybridized carbons (Fsp3) is 0.500. The molecule has 4 heteroatoms. The number of benzene rings is 1. The van der Waals surface area contributed by atoms with Crippen molar-refractivity contribution >= 4 is 0 Å². The standard InChI is InChI=1S/C12H16FNO2/c1-12(2,14)7-8-5-10-11(6-9(8)13)16-4-3-15-10/h5-6H,3-4,7,14H2,1-2H3. The zero-order valence-corrected chi connectivity index (χ0v) is 9.55. The molecule has 1 heterocycles. The van der Waals surface area contributed by atoms with Crippen molar-refractivity contribution in [3.63, 3.8) is 0 Å². The largest absolute Gasteiger partial charge is 0.486 e. The van der Waals surface area contributed by atoms with Gasteiger partial charge in [0.15, 0.2) is 11.5 Å². The third kappa shape index (κ3) is 2.44. The summed E-state index contributed by atoms with van der Waals surface area (Å²) in [5.74, 6) is 0.789. The highest BCUT2D eigenvalue weighted by Gasteiger charge is 2.19. The van der Waals surface area contributed by atoms with Gasteiger partial charge in [-0.15, -0.1) is 0 Å². The predicted molar refractivity (Wildman–Crippen MR) is 59.4 cm³/mol. The van der Waals surface area contributed by atoms with Crippen LogP contribution in [0, 0.1) is 5.82 Å². The summed E-state index contributed by atoms with van der Waals surface area (Å²) < 4.78 is 24.4. The molecule has 0 unspecified atom stereocenters. The Labute approximate surface area is 94.3 Å². The van der Waals surface area contributed by atoms with Crippen molar-refractivity contribution in [3.8, 4) is 11.5 Å². The first-order valence-corrected chi connectivity index (χ1v) is 5.33. The van der Waals surface area contributed by atoms with Crippen molar-refractivity contribution in [1.82, 2.24) is 0 Å². The predicted octanol–water partition coefficient (Wildman–Crippen LogP) is 1.88. The van der Waals surface area contributed by atoms with Crippen LogP contribution in [0.3, 0.4) is 0 Å². The van der Waals surface area contributed by atoms with Crippen molar-refractivity contribution in [2.45, 2.75) is 25.8 Å². The van der Waals surface area contributed by atoms with Gasteiger partial charge in [0.05, 0.1) is 0 Å². The Morgan fingerprint density at radius 1 is 1.25 bits per heavy atom. The number of hydrogen-bond donors (Lipinski definition) is 1. The summed E-state index contributed by atoms with van der Waals surface area (Å²) >= 11 is 0. The molecular weight excluding hydrogens is 209 g/mol. The second-order valence-electron chi connectivity index (χ2n) is 4.75. The van der Waals surface area contributed by atoms with Crippen molar-refractivity contribution in [2.24, 2.45) is 5.73 Å². The molecule has 0 saturated carbocycles. The third-order valence-electron chi connectivity index (χ3n) is 2.36. The van der Waals surface area contributed by atoms with E-state index in [1.54, 1.807) is 6.07 Å². The average Bonchev–Trinajstić information content (AvgIpc) is 2.17. The fourth-order valence-electron chi connectivity index (χ4n) is 1.73. The number of hydrogen-bond acceptors (Lipinski definition) is 3. The highest BCUT2D eigenvalue weighted by atomic mass is 19.1. The summed E-state index contributed by atoms with van der Waals surface area (Å²) in [6.07, 6.45) is 0.468. The van der Waals surface area contributed by atoms with E-state index < -0.39 is 5.54 Å². The SMILES string of the molecule is CC(C)(N)Cc1cc2c(cc1F)OCCO2. The first-order chi connectivity index (χ1) is 7.46. The number of rotatable bonds is 2. The summed E-state index contributed by atoms with van der Waals surface area (Å²) in [5.41, 5.74) is 6.00. The van der Waals surface area contributed by atoms with E-state index in [4.69, 9.17) is 15.2 Å². The van der Waals surface area contributed by atoms with Crippen molar-refractivity contribution in [1.29, 1.82) is 0 Å². The van der Waals surface area contributed by atoms with E-state index in [0.717, 1.165) is 0 Å². The topological polar surface area (TPSA) is 44.5 Å². The molecule has 1 aliphatic heterocycles. The first-order valence-electron chi connectivity index (χ1n) is 5.33. The van der Waals surface area contributed by atoms with Crippen LogP contribution in [0.4, 0.5) is 4.39 Å². The molecular formula is C12H16FNO2. The normalized spacial score (nSPS) is 15.0. The maximum Gasteiger partial charge on any atom is 0.164 e. The molecule has 88 valence electrons. The molecule has 0 atom stereocenters. The minimum Gasteiger partial charge on any atom is -0.486 e. The van der Waals surface area contributed by atoms with E-state index in [2.05, 4.69) is 0 Å². The summed E-state index contributed by atoms with van der Waals surface area (Å²) in [6.45, 7) is 4.70. The lowest BCUT2D eigenvalue weighted by Gasteiger charge is -2.22. The molecule has 0 radical (unpaired) electrons. The lowest BCUT2D eigenvalue weighted by atomic mass is 9.95. The van der Waals surface area contributed by atoms with Crippen LogP contribution in [-0.2, 0) is 6.42 Å². The summed E-state index contributed by atoms with van der Waals surface area (Å²) in [7, 11) is 0. The lowest BCUT2D eigenvalue weighted by molar-refractivity contribution is 0.170. The van der Waals surface area contributed by atoms with Gasteiger partial charge in [-0.1, -0.05) is 0 Å². The van der Waals surface area contributed by atoms with Gasteiger partial charge in [0.25, 0.3) is 0 Å². The van der Waals surface area contributed by atoms with Crippen LogP contribution in [0.15, 0.2) is 12.1 Å². The van der Waals surface area contributed by atoms with Gasteiger partial charge in [-0.3, -0.25) is 0 Å². The molecule has 2 N–H and O–H groups in total. The Kier molecular flexibility index (Phi) is 2.76. The summed E-state index contributed by atoms with van der Waals surface area (Å²) in [5, 5.41) is 0. The molecule has 0 aliphatic carbocycles. The number of nitrogens with two attached hydrogens (primary N) is 1. The second-order valence-corrected chi connectivity index (χ2v) is 4.75. The van der Waals surface area contributed by atoms with Crippen LogP contribution < -0.4 is 15.2 Å². The van der Waals surface area contributed by atoms with Crippen LogP contribution in [-0.4, -0.2) is 18.8 Å². The van der Waals surface area contributed by atoms with Gasteiger partial charge in [-0.25, -0.2) is 4.39 Å². The molecule has 0 spiro atoms. The van der Waals surface area contributed by atoms with Gasteiger partial charge in [-0.2, -0.15) is 0 Å². The molecule has 1 aliphatic rings. The summed E-state index contributed by atoms with van der Waals surface area (Å²) in [4.78, 5) is 0. The van der Waals surface area contributed by atoms with E-state index in [0.29, 0.717) is 36.7 Å². The minimum absolute atomic E-state index is 0.289. The number of halogens is 1. The molecule has 16 heavy (non-hydrogen) atoms. The molecule has 1 aromatic rings. The van der Waals surface area contributed by atoms with Crippen LogP contribution in [0.5, 0.6) is 11.5 Å². The van der Waals surface area contributed by atoms with Crippen molar-refractivity contribution in [3.05, 3.63) is 23.5 Å². The molecule has 0 bridgehead atoms. The van der Waals surface area contributed by atoms with Crippen LogP contribution in [0.2, 0.25) is 0 Å². The highest BCUT2D eigenvalue weighted by Crippen LogP contribution is 2.33. The van der Waals surface area contributed by atoms with Crippen LogP contribution in [0.1, 0.15) is 19.4 Å². The molecule has 0 aromatic heterocycles. The van der Waals surface area contributed by atoms with Crippen molar-refractivity contribution < 1.29 is 13.9 Å². The van der Waals surface area contributed by atoms with Gasteiger partial charge in [0, 0.05) is 11.6 Å². The molecule has 1 aromatic carbocycles. The third-order valence-corrected chi connectivity index (χ3v) is 2.36. The van der Waals surface area contributed by atoms with Crippen molar-refractivity contribution in [2.75, 3.05) is 13.2 Å². The monoisotopic (exact) mass is 225 g/mol. The highest BCUT2D eigenvalue weighted by molar-refractivity contribution is 5.45. The smallest absolute Gasteiger partial charge is 0.164 e. The molecule has 2 rings (SSSR count). The second kappa shape index (κ2) is 3.94. The van der Waals surface area contributed by atoms with Crippen LogP contribution in [0.25, 0.3) is 0 Å². The van der Waals surface area contributed by atoms with Gasteiger partial charge >= 0.3 is 0 Å². The van der Waals surface area contributed by atoms with E-state index >= 15 is 0 Å². The Hall–Kier alpha value is -1.29. The first kappa shape index (κ1) is 11.2.